The smallest absolute Gasteiger partial charge is 0.408 e. The van der Waals surface area contributed by atoms with Gasteiger partial charge in [0.25, 0.3) is 0 Å². The summed E-state index contributed by atoms with van der Waals surface area (Å²) >= 11 is 0. The fourth-order valence-electron chi connectivity index (χ4n) is 4.52. The molecule has 0 saturated heterocycles. The van der Waals surface area contributed by atoms with Crippen molar-refractivity contribution in [1.82, 2.24) is 14.6 Å². The third kappa shape index (κ3) is 6.70. The van der Waals surface area contributed by atoms with Gasteiger partial charge in [-0.2, -0.15) is 4.31 Å². The minimum absolute atomic E-state index is 0.0542. The van der Waals surface area contributed by atoms with E-state index < -0.39 is 28.1 Å². The number of carbonyl (C=O) groups excluding carboxylic acids is 2. The number of ether oxygens (including phenoxy) is 1. The molecule has 0 radical (unpaired) electrons. The molecule has 10 heteroatoms. The van der Waals surface area contributed by atoms with Gasteiger partial charge in [0, 0.05) is 42.3 Å². The summed E-state index contributed by atoms with van der Waals surface area (Å²) in [5, 5.41) is 6.42. The van der Waals surface area contributed by atoms with Crippen LogP contribution in [0.4, 0.5) is 10.5 Å². The van der Waals surface area contributed by atoms with Crippen molar-refractivity contribution in [2.75, 3.05) is 18.4 Å². The number of hydrogen-bond donors (Lipinski definition) is 3. The Morgan fingerprint density at radius 1 is 0.975 bits per heavy atom. The predicted octanol–water partition coefficient (Wildman–Crippen LogP) is 4.98. The summed E-state index contributed by atoms with van der Waals surface area (Å²) in [5.41, 5.74) is 3.45. The first-order chi connectivity index (χ1) is 19.2. The van der Waals surface area contributed by atoms with Crippen LogP contribution < -0.4 is 10.6 Å². The van der Waals surface area contributed by atoms with Crippen molar-refractivity contribution >= 4 is 38.6 Å². The number of hydrogen-bond acceptors (Lipinski definition) is 5. The second kappa shape index (κ2) is 12.8. The lowest BCUT2D eigenvalue weighted by Gasteiger charge is -2.21. The Bertz CT molecular complexity index is 1580. The first-order valence-electron chi connectivity index (χ1n) is 13.2. The quantitative estimate of drug-likeness (QED) is 0.238. The van der Waals surface area contributed by atoms with Crippen molar-refractivity contribution < 1.29 is 22.7 Å². The number of carbonyl (C=O) groups is 2. The first kappa shape index (κ1) is 28.8. The molecule has 210 valence electrons. The average molecular weight is 563 g/mol. The Hall–Kier alpha value is -4.15. The van der Waals surface area contributed by atoms with E-state index in [0.717, 1.165) is 22.0 Å². The Labute approximate surface area is 234 Å². The van der Waals surface area contributed by atoms with Gasteiger partial charge in [0.15, 0.2) is 0 Å². The third-order valence-corrected chi connectivity index (χ3v) is 8.89. The number of sulfonamides is 1. The van der Waals surface area contributed by atoms with Crippen LogP contribution in [-0.4, -0.2) is 48.8 Å². The molecule has 3 aromatic carbocycles. The first-order valence-corrected chi connectivity index (χ1v) is 14.6. The van der Waals surface area contributed by atoms with Crippen LogP contribution >= 0.6 is 0 Å². The monoisotopic (exact) mass is 562 g/mol. The fourth-order valence-corrected chi connectivity index (χ4v) is 6.23. The van der Waals surface area contributed by atoms with Gasteiger partial charge in [0.05, 0.1) is 4.90 Å². The molecule has 1 heterocycles. The molecule has 0 spiro atoms. The van der Waals surface area contributed by atoms with E-state index in [-0.39, 0.29) is 17.9 Å². The van der Waals surface area contributed by atoms with Crippen LogP contribution in [0, 0.1) is 6.92 Å². The maximum absolute atomic E-state index is 13.5. The molecule has 0 aliphatic carbocycles. The Morgan fingerprint density at radius 3 is 2.40 bits per heavy atom. The van der Waals surface area contributed by atoms with Crippen LogP contribution in [0.15, 0.2) is 83.9 Å². The highest BCUT2D eigenvalue weighted by atomic mass is 32.2. The number of aromatic amines is 1. The van der Waals surface area contributed by atoms with Gasteiger partial charge < -0.3 is 20.4 Å². The lowest BCUT2D eigenvalue weighted by molar-refractivity contribution is -0.118. The zero-order valence-electron chi connectivity index (χ0n) is 22.8. The number of aryl methyl sites for hydroxylation is 1. The molecule has 4 rings (SSSR count). The summed E-state index contributed by atoms with van der Waals surface area (Å²) in [4.78, 5) is 29.6. The third-order valence-electron chi connectivity index (χ3n) is 6.70. The van der Waals surface area contributed by atoms with Gasteiger partial charge in [0.1, 0.15) is 12.6 Å². The van der Waals surface area contributed by atoms with Gasteiger partial charge in [-0.05, 0) is 41.8 Å². The molecular weight excluding hydrogens is 528 g/mol. The van der Waals surface area contributed by atoms with E-state index >= 15 is 0 Å². The van der Waals surface area contributed by atoms with E-state index in [1.54, 1.807) is 32.9 Å². The number of benzene rings is 3. The maximum Gasteiger partial charge on any atom is 0.408 e. The molecule has 4 aromatic rings. The van der Waals surface area contributed by atoms with Gasteiger partial charge in [-0.15, -0.1) is 0 Å². The topological polar surface area (TPSA) is 121 Å². The lowest BCUT2D eigenvalue weighted by atomic mass is 10.0. The van der Waals surface area contributed by atoms with Crippen molar-refractivity contribution in [1.29, 1.82) is 0 Å². The number of anilines is 1. The molecule has 0 bridgehead atoms. The Morgan fingerprint density at radius 2 is 1.68 bits per heavy atom. The second-order valence-electron chi connectivity index (χ2n) is 9.38. The highest BCUT2D eigenvalue weighted by Crippen LogP contribution is 2.24. The number of fused-ring (bicyclic) bond motifs is 1. The molecule has 3 N–H and O–H groups in total. The van der Waals surface area contributed by atoms with Crippen LogP contribution in [0.2, 0.25) is 0 Å². The largest absolute Gasteiger partial charge is 0.445 e. The summed E-state index contributed by atoms with van der Waals surface area (Å²) < 4.78 is 33.1. The minimum Gasteiger partial charge on any atom is -0.445 e. The Balaban J connectivity index is 1.57. The molecular formula is C30H34N4O5S. The molecule has 0 saturated carbocycles. The van der Waals surface area contributed by atoms with Crippen LogP contribution in [0.5, 0.6) is 0 Å². The van der Waals surface area contributed by atoms with Crippen LogP contribution in [-0.2, 0) is 32.6 Å². The van der Waals surface area contributed by atoms with Crippen LogP contribution in [0.3, 0.4) is 0 Å². The van der Waals surface area contributed by atoms with Gasteiger partial charge in [0.2, 0.25) is 15.9 Å². The van der Waals surface area contributed by atoms with E-state index in [9.17, 15) is 18.0 Å². The number of rotatable bonds is 11. The van der Waals surface area contributed by atoms with E-state index in [1.165, 1.54) is 10.4 Å². The van der Waals surface area contributed by atoms with Crippen molar-refractivity contribution in [3.63, 3.8) is 0 Å². The summed E-state index contributed by atoms with van der Waals surface area (Å²) in [6.07, 6.45) is 1.26. The number of amides is 2. The summed E-state index contributed by atoms with van der Waals surface area (Å²) in [5.74, 6) is -0.503. The highest BCUT2D eigenvalue weighted by Gasteiger charge is 2.26. The van der Waals surface area contributed by atoms with Crippen molar-refractivity contribution in [2.24, 2.45) is 0 Å². The predicted molar refractivity (Wildman–Crippen MR) is 155 cm³/mol. The number of aromatic nitrogens is 1. The molecule has 1 aromatic heterocycles. The minimum atomic E-state index is -3.74. The van der Waals surface area contributed by atoms with Gasteiger partial charge >= 0.3 is 6.09 Å². The molecule has 0 aliphatic heterocycles. The second-order valence-corrected chi connectivity index (χ2v) is 11.3. The molecule has 0 aliphatic rings. The van der Waals surface area contributed by atoms with Gasteiger partial charge in [-0.1, -0.05) is 68.4 Å². The fraction of sp³-hybridized carbons (Fsp3) is 0.267. The number of H-pyrrole nitrogens is 1. The van der Waals surface area contributed by atoms with Gasteiger partial charge in [-0.3, -0.25) is 4.79 Å². The SMILES string of the molecule is CCN(CC)S(=O)(=O)c1cc(NC(=O)C(Cc2c[nH]c3ccccc23)NC(=O)OCc2ccccc2)ccc1C. The molecule has 40 heavy (non-hydrogen) atoms. The molecule has 1 atom stereocenters. The highest BCUT2D eigenvalue weighted by molar-refractivity contribution is 7.89. The summed E-state index contributed by atoms with van der Waals surface area (Å²) in [6, 6.07) is 20.7. The van der Waals surface area contributed by atoms with Crippen molar-refractivity contribution in [2.45, 2.75) is 44.7 Å². The average Bonchev–Trinajstić information content (AvgIpc) is 3.36. The van der Waals surface area contributed by atoms with Gasteiger partial charge in [-0.25, -0.2) is 13.2 Å². The molecule has 2 amide bonds. The van der Waals surface area contributed by atoms with E-state index in [1.807, 2.05) is 60.8 Å². The number of para-hydroxylation sites is 1. The van der Waals surface area contributed by atoms with E-state index in [0.29, 0.717) is 24.3 Å². The molecule has 9 nitrogen and oxygen atoms in total. The van der Waals surface area contributed by atoms with Crippen molar-refractivity contribution in [3.05, 3.63) is 95.7 Å². The molecule has 0 fully saturated rings. The number of nitrogens with zero attached hydrogens (tertiary/aromatic N) is 1. The number of nitrogens with one attached hydrogen (secondary N) is 3. The summed E-state index contributed by atoms with van der Waals surface area (Å²) in [6.45, 7) is 5.98. The molecule has 1 unspecified atom stereocenters. The van der Waals surface area contributed by atoms with Crippen molar-refractivity contribution in [3.8, 4) is 0 Å². The zero-order chi connectivity index (χ0) is 28.7. The van der Waals surface area contributed by atoms with E-state index in [2.05, 4.69) is 15.6 Å². The standard InChI is InChI=1S/C30H34N4O5S/c1-4-34(5-2)40(37,38)28-18-24(16-15-21(28)3)32-29(35)27(17-23-19-31-26-14-10-9-13-25(23)26)33-30(36)39-20-22-11-7-6-8-12-22/h6-16,18-19,27,31H,4-5,17,20H2,1-3H3,(H,32,35)(H,33,36). The Kier molecular flexibility index (Phi) is 9.23. The maximum atomic E-state index is 13.5. The zero-order valence-corrected chi connectivity index (χ0v) is 23.6. The summed E-state index contributed by atoms with van der Waals surface area (Å²) in [7, 11) is -3.74. The van der Waals surface area contributed by atoms with Crippen LogP contribution in [0.1, 0.15) is 30.5 Å². The normalized spacial score (nSPS) is 12.3. The number of alkyl carbamates (subject to hydrolysis) is 1. The van der Waals surface area contributed by atoms with Crippen LogP contribution in [0.25, 0.3) is 10.9 Å². The lowest BCUT2D eigenvalue weighted by Crippen LogP contribution is -2.45. The van der Waals surface area contributed by atoms with E-state index in [4.69, 9.17) is 4.74 Å².